The van der Waals surface area contributed by atoms with Gasteiger partial charge in [-0.2, -0.15) is 0 Å². The van der Waals surface area contributed by atoms with E-state index in [4.69, 9.17) is 4.42 Å². The van der Waals surface area contributed by atoms with Crippen molar-refractivity contribution in [3.8, 4) is 27.9 Å². The van der Waals surface area contributed by atoms with Crippen molar-refractivity contribution in [2.75, 3.05) is 4.90 Å². The highest BCUT2D eigenvalue weighted by Crippen LogP contribution is 2.61. The first-order valence-electron chi connectivity index (χ1n) is 23.7. The van der Waals surface area contributed by atoms with Crippen LogP contribution in [0.5, 0.6) is 0 Å². The summed E-state index contributed by atoms with van der Waals surface area (Å²) in [5.74, 6) is 2.72. The minimum Gasteiger partial charge on any atom is -0.456 e. The maximum atomic E-state index is 6.36. The van der Waals surface area contributed by atoms with E-state index in [1.165, 1.54) is 99.0 Å². The SMILES string of the molecule is c1ccc(-c2cccc3cccc(-c4ccc(N(c5ccc6oc7ccccc7c6c5)c5ccc6c7cc(C89CC%10CC(CC(C%10)C8)C9)ccc7n(-c7ccccc7)c6c5)cc4)c23)cc1. The summed E-state index contributed by atoms with van der Waals surface area (Å²) in [5.41, 5.74) is 15.5. The van der Waals surface area contributed by atoms with E-state index >= 15 is 0 Å². The standard InChI is InChI=1S/C62H48N2O/c1-3-11-43(12-4-1)51-18-9-13-45-14-10-19-52(61(45)51)44-21-24-48(25-22-44)63(49-27-30-60-56(35-49)54-17-7-8-20-59(54)65-60)50-26-28-53-55-34-46(62-37-40-31-41(38-62)33-42(32-40)39-62)23-29-57(55)64(58(53)36-50)47-15-5-2-6-16-47/h1-30,34-36,40-42H,31-33,37-39H2. The van der Waals surface area contributed by atoms with Crippen molar-refractivity contribution >= 4 is 71.6 Å². The number of nitrogens with zero attached hydrogens (tertiary/aromatic N) is 2. The summed E-state index contributed by atoms with van der Waals surface area (Å²) < 4.78 is 8.86. The van der Waals surface area contributed by atoms with E-state index in [0.29, 0.717) is 5.41 Å². The Morgan fingerprint density at radius 2 is 1.05 bits per heavy atom. The van der Waals surface area contributed by atoms with E-state index in [0.717, 1.165) is 56.8 Å². The van der Waals surface area contributed by atoms with E-state index in [2.05, 4.69) is 204 Å². The van der Waals surface area contributed by atoms with E-state index in [1.54, 1.807) is 5.56 Å². The minimum absolute atomic E-state index is 0.331. The second-order valence-corrected chi connectivity index (χ2v) is 19.5. The molecule has 3 nitrogen and oxygen atoms in total. The molecular formula is C62H48N2O. The molecule has 11 aromatic rings. The highest BCUT2D eigenvalue weighted by Gasteiger charge is 2.51. The van der Waals surface area contributed by atoms with Gasteiger partial charge in [0.05, 0.1) is 11.0 Å². The fourth-order valence-electron chi connectivity index (χ4n) is 13.3. The Labute approximate surface area is 379 Å². The zero-order chi connectivity index (χ0) is 42.6. The first-order chi connectivity index (χ1) is 32.1. The number of anilines is 3. The summed E-state index contributed by atoms with van der Waals surface area (Å²) in [4.78, 5) is 2.43. The highest BCUT2D eigenvalue weighted by atomic mass is 16.3. The van der Waals surface area contributed by atoms with Gasteiger partial charge in [-0.05, 0) is 173 Å². The Morgan fingerprint density at radius 3 is 1.78 bits per heavy atom. The van der Waals surface area contributed by atoms with Gasteiger partial charge in [-0.1, -0.05) is 127 Å². The summed E-state index contributed by atoms with van der Waals surface area (Å²) >= 11 is 0. The van der Waals surface area contributed by atoms with Crippen LogP contribution in [0, 0.1) is 17.8 Å². The molecule has 3 heteroatoms. The first-order valence-corrected chi connectivity index (χ1v) is 23.7. The van der Waals surface area contributed by atoms with Gasteiger partial charge in [0.15, 0.2) is 0 Å². The molecule has 4 aliphatic rings. The zero-order valence-electron chi connectivity index (χ0n) is 36.3. The molecule has 2 heterocycles. The molecule has 312 valence electrons. The number of fused-ring (bicyclic) bond motifs is 7. The number of furan rings is 1. The smallest absolute Gasteiger partial charge is 0.135 e. The summed E-state index contributed by atoms with van der Waals surface area (Å²) in [7, 11) is 0. The van der Waals surface area contributed by atoms with Gasteiger partial charge in [-0.25, -0.2) is 0 Å². The molecule has 4 aliphatic carbocycles. The van der Waals surface area contributed by atoms with Gasteiger partial charge in [0, 0.05) is 44.3 Å². The van der Waals surface area contributed by atoms with Crippen molar-refractivity contribution in [3.63, 3.8) is 0 Å². The Balaban J connectivity index is 0.951. The van der Waals surface area contributed by atoms with Crippen molar-refractivity contribution in [2.45, 2.75) is 43.9 Å². The molecule has 0 radical (unpaired) electrons. The molecule has 0 atom stereocenters. The number of aromatic nitrogens is 1. The molecule has 4 fully saturated rings. The summed E-state index contributed by atoms with van der Waals surface area (Å²) in [6, 6.07) is 74.0. The Bertz CT molecular complexity index is 3590. The molecule has 4 saturated carbocycles. The summed E-state index contributed by atoms with van der Waals surface area (Å²) in [6.45, 7) is 0. The molecule has 0 N–H and O–H groups in total. The molecule has 0 aliphatic heterocycles. The number of hydrogen-bond acceptors (Lipinski definition) is 2. The maximum Gasteiger partial charge on any atom is 0.135 e. The second kappa shape index (κ2) is 14.3. The lowest BCUT2D eigenvalue weighted by atomic mass is 9.48. The largest absolute Gasteiger partial charge is 0.456 e. The number of rotatable bonds is 7. The fraction of sp³-hybridized carbons (Fsp3) is 0.161. The van der Waals surface area contributed by atoms with Crippen LogP contribution in [0.3, 0.4) is 0 Å². The molecule has 0 spiro atoms. The van der Waals surface area contributed by atoms with Crippen LogP contribution in [0.2, 0.25) is 0 Å². The van der Waals surface area contributed by atoms with Crippen LogP contribution in [0.4, 0.5) is 17.1 Å². The lowest BCUT2D eigenvalue weighted by Crippen LogP contribution is -2.48. The van der Waals surface area contributed by atoms with Crippen LogP contribution in [0.25, 0.3) is 82.5 Å². The first kappa shape index (κ1) is 37.1. The van der Waals surface area contributed by atoms with Gasteiger partial charge >= 0.3 is 0 Å². The van der Waals surface area contributed by atoms with Gasteiger partial charge in [0.1, 0.15) is 11.2 Å². The predicted octanol–water partition coefficient (Wildman–Crippen LogP) is 17.1. The van der Waals surface area contributed by atoms with Crippen molar-refractivity contribution < 1.29 is 4.42 Å². The van der Waals surface area contributed by atoms with Crippen molar-refractivity contribution in [2.24, 2.45) is 17.8 Å². The van der Waals surface area contributed by atoms with Crippen molar-refractivity contribution in [1.29, 1.82) is 0 Å². The Morgan fingerprint density at radius 1 is 0.431 bits per heavy atom. The molecule has 0 unspecified atom stereocenters. The topological polar surface area (TPSA) is 21.3 Å². The molecule has 15 rings (SSSR count). The number of hydrogen-bond donors (Lipinski definition) is 0. The van der Waals surface area contributed by atoms with Gasteiger partial charge in [-0.15, -0.1) is 0 Å². The van der Waals surface area contributed by atoms with Crippen molar-refractivity contribution in [3.05, 3.63) is 206 Å². The molecular weight excluding hydrogens is 789 g/mol. The number of para-hydroxylation sites is 2. The third-order valence-corrected chi connectivity index (χ3v) is 15.7. The highest BCUT2D eigenvalue weighted by molar-refractivity contribution is 6.12. The third-order valence-electron chi connectivity index (χ3n) is 15.7. The molecule has 2 aromatic heterocycles. The van der Waals surface area contributed by atoms with E-state index in [1.807, 2.05) is 6.07 Å². The molecule has 9 aromatic carbocycles. The van der Waals surface area contributed by atoms with Gasteiger partial charge in [0.25, 0.3) is 0 Å². The van der Waals surface area contributed by atoms with Crippen LogP contribution in [-0.4, -0.2) is 4.57 Å². The van der Waals surface area contributed by atoms with Gasteiger partial charge in [0.2, 0.25) is 0 Å². The van der Waals surface area contributed by atoms with E-state index < -0.39 is 0 Å². The normalized spacial score (nSPS) is 20.2. The van der Waals surface area contributed by atoms with E-state index in [-0.39, 0.29) is 0 Å². The lowest BCUT2D eigenvalue weighted by Gasteiger charge is -2.57. The van der Waals surface area contributed by atoms with Crippen LogP contribution < -0.4 is 4.90 Å². The van der Waals surface area contributed by atoms with Crippen LogP contribution in [-0.2, 0) is 5.41 Å². The van der Waals surface area contributed by atoms with Crippen LogP contribution in [0.15, 0.2) is 205 Å². The predicted molar refractivity (Wildman–Crippen MR) is 271 cm³/mol. The summed E-state index contributed by atoms with van der Waals surface area (Å²) in [5, 5.41) is 7.41. The molecule has 65 heavy (non-hydrogen) atoms. The van der Waals surface area contributed by atoms with Gasteiger partial charge in [-0.3, -0.25) is 0 Å². The molecule has 0 amide bonds. The lowest BCUT2D eigenvalue weighted by molar-refractivity contribution is -0.00512. The van der Waals surface area contributed by atoms with Gasteiger partial charge < -0.3 is 13.9 Å². The van der Waals surface area contributed by atoms with Crippen molar-refractivity contribution in [1.82, 2.24) is 4.57 Å². The summed E-state index contributed by atoms with van der Waals surface area (Å²) in [6.07, 6.45) is 8.47. The van der Waals surface area contributed by atoms with Crippen LogP contribution in [0.1, 0.15) is 44.1 Å². The van der Waals surface area contributed by atoms with Crippen LogP contribution >= 0.6 is 0 Å². The molecule has 0 saturated heterocycles. The third kappa shape index (κ3) is 5.88. The maximum absolute atomic E-state index is 6.36. The fourth-order valence-corrected chi connectivity index (χ4v) is 13.3. The Hall–Kier alpha value is -7.36. The average molecular weight is 837 g/mol. The second-order valence-electron chi connectivity index (χ2n) is 19.5. The minimum atomic E-state index is 0.331. The molecule has 4 bridgehead atoms. The average Bonchev–Trinajstić information content (AvgIpc) is 3.89. The monoisotopic (exact) mass is 836 g/mol. The quantitative estimate of drug-likeness (QED) is 0.159. The number of benzene rings is 9. The Kier molecular flexibility index (Phi) is 8.17. The van der Waals surface area contributed by atoms with E-state index in [9.17, 15) is 0 Å². The zero-order valence-corrected chi connectivity index (χ0v) is 36.3.